The monoisotopic (exact) mass is 517 g/mol. The molecule has 10 rings (SSSR count). The van der Waals surface area contributed by atoms with Crippen LogP contribution < -0.4 is 16.4 Å². The molecular formula is C37H20BN3. The third-order valence-electron chi connectivity index (χ3n) is 9.29. The Kier molecular flexibility index (Phi) is 3.82. The average molecular weight is 517 g/mol. The quantitative estimate of drug-likeness (QED) is 0.161. The lowest BCUT2D eigenvalue weighted by Crippen LogP contribution is -2.59. The van der Waals surface area contributed by atoms with Crippen molar-refractivity contribution in [2.24, 2.45) is 0 Å². The maximum Gasteiger partial charge on any atom is 0.252 e. The Morgan fingerprint density at radius 3 is 1.63 bits per heavy atom. The van der Waals surface area contributed by atoms with Gasteiger partial charge in [-0.1, -0.05) is 91.0 Å². The second kappa shape index (κ2) is 7.35. The van der Waals surface area contributed by atoms with Gasteiger partial charge in [0.1, 0.15) is 0 Å². The molecule has 6 aromatic carbocycles. The van der Waals surface area contributed by atoms with E-state index in [2.05, 4.69) is 117 Å². The zero-order chi connectivity index (χ0) is 26.8. The van der Waals surface area contributed by atoms with Gasteiger partial charge < -0.3 is 9.13 Å². The molecule has 4 heteroatoms. The fourth-order valence-electron chi connectivity index (χ4n) is 7.75. The van der Waals surface area contributed by atoms with Crippen molar-refractivity contribution in [3.8, 4) is 22.5 Å². The fourth-order valence-corrected chi connectivity index (χ4v) is 7.75. The predicted molar refractivity (Wildman–Crippen MR) is 171 cm³/mol. The van der Waals surface area contributed by atoms with Gasteiger partial charge in [-0.25, -0.2) is 4.85 Å². The van der Waals surface area contributed by atoms with Crippen molar-refractivity contribution in [2.45, 2.75) is 0 Å². The van der Waals surface area contributed by atoms with Crippen molar-refractivity contribution >= 4 is 72.4 Å². The van der Waals surface area contributed by atoms with Crippen LogP contribution >= 0.6 is 0 Å². The Morgan fingerprint density at radius 2 is 1.05 bits per heavy atom. The van der Waals surface area contributed by atoms with Crippen LogP contribution in [0.25, 0.3) is 71.0 Å². The topological polar surface area (TPSA) is 14.2 Å². The van der Waals surface area contributed by atoms with Crippen molar-refractivity contribution in [3.05, 3.63) is 133 Å². The summed E-state index contributed by atoms with van der Waals surface area (Å²) in [4.78, 5) is 3.74. The number of para-hydroxylation sites is 4. The Balaban J connectivity index is 1.47. The molecule has 0 bridgehead atoms. The first kappa shape index (κ1) is 21.3. The van der Waals surface area contributed by atoms with Gasteiger partial charge in [-0.2, -0.15) is 0 Å². The molecule has 0 fully saturated rings. The fraction of sp³-hybridized carbons (Fsp3) is 0. The molecule has 0 saturated carbocycles. The van der Waals surface area contributed by atoms with Crippen LogP contribution in [0.15, 0.2) is 121 Å². The number of benzene rings is 6. The van der Waals surface area contributed by atoms with E-state index in [1.807, 2.05) is 18.2 Å². The van der Waals surface area contributed by atoms with Gasteiger partial charge in [-0.05, 0) is 57.8 Å². The van der Waals surface area contributed by atoms with Gasteiger partial charge in [0.25, 0.3) is 6.71 Å². The highest BCUT2D eigenvalue weighted by Gasteiger charge is 2.40. The van der Waals surface area contributed by atoms with Crippen LogP contribution in [-0.2, 0) is 0 Å². The first-order valence-electron chi connectivity index (χ1n) is 14.0. The van der Waals surface area contributed by atoms with E-state index in [9.17, 15) is 0 Å². The van der Waals surface area contributed by atoms with Crippen LogP contribution in [0.1, 0.15) is 0 Å². The number of aromatic nitrogens is 2. The van der Waals surface area contributed by atoms with Gasteiger partial charge in [0.15, 0.2) is 5.69 Å². The molecule has 0 saturated heterocycles. The molecule has 0 radical (unpaired) electrons. The van der Waals surface area contributed by atoms with Gasteiger partial charge >= 0.3 is 0 Å². The molecule has 3 nitrogen and oxygen atoms in total. The maximum absolute atomic E-state index is 7.64. The summed E-state index contributed by atoms with van der Waals surface area (Å²) in [5, 5.41) is 5.15. The summed E-state index contributed by atoms with van der Waals surface area (Å²) >= 11 is 0. The van der Waals surface area contributed by atoms with E-state index in [4.69, 9.17) is 6.57 Å². The highest BCUT2D eigenvalue weighted by atomic mass is 15.0. The van der Waals surface area contributed by atoms with E-state index in [1.54, 1.807) is 0 Å². The van der Waals surface area contributed by atoms with Gasteiger partial charge in [0, 0.05) is 44.0 Å². The molecule has 0 spiro atoms. The van der Waals surface area contributed by atoms with Crippen molar-refractivity contribution in [3.63, 3.8) is 0 Å². The van der Waals surface area contributed by atoms with Crippen LogP contribution in [0.4, 0.5) is 5.69 Å². The lowest BCUT2D eigenvalue weighted by Gasteiger charge is -2.34. The van der Waals surface area contributed by atoms with Crippen LogP contribution in [0, 0.1) is 6.57 Å². The van der Waals surface area contributed by atoms with E-state index in [0.29, 0.717) is 5.69 Å². The zero-order valence-electron chi connectivity index (χ0n) is 22.0. The summed E-state index contributed by atoms with van der Waals surface area (Å²) in [6.07, 6.45) is 0. The lowest BCUT2D eigenvalue weighted by molar-refractivity contribution is 1.14. The summed E-state index contributed by atoms with van der Waals surface area (Å²) in [5.41, 5.74) is 14.4. The largest absolute Gasteiger partial charge is 0.310 e. The van der Waals surface area contributed by atoms with Crippen LogP contribution in [-0.4, -0.2) is 15.8 Å². The molecule has 0 unspecified atom stereocenters. The van der Waals surface area contributed by atoms with Crippen molar-refractivity contribution in [1.29, 1.82) is 0 Å². The van der Waals surface area contributed by atoms with E-state index in [1.165, 1.54) is 71.4 Å². The summed E-state index contributed by atoms with van der Waals surface area (Å²) in [6.45, 7) is 7.77. The second-order valence-electron chi connectivity index (χ2n) is 11.2. The molecule has 0 N–H and O–H groups in total. The number of fused-ring (bicyclic) bond motifs is 10. The van der Waals surface area contributed by atoms with Crippen LogP contribution in [0.5, 0.6) is 0 Å². The zero-order valence-corrected chi connectivity index (χ0v) is 22.0. The molecule has 4 heterocycles. The summed E-state index contributed by atoms with van der Waals surface area (Å²) in [6, 6.07) is 44.0. The van der Waals surface area contributed by atoms with Gasteiger partial charge in [0.2, 0.25) is 0 Å². The van der Waals surface area contributed by atoms with Gasteiger partial charge in [-0.15, -0.1) is 0 Å². The van der Waals surface area contributed by atoms with E-state index in [-0.39, 0.29) is 6.71 Å². The van der Waals surface area contributed by atoms with Crippen LogP contribution in [0.2, 0.25) is 0 Å². The van der Waals surface area contributed by atoms with Gasteiger partial charge in [0.05, 0.1) is 17.6 Å². The molecular weight excluding hydrogens is 497 g/mol. The third-order valence-corrected chi connectivity index (χ3v) is 9.29. The second-order valence-corrected chi connectivity index (χ2v) is 11.2. The summed E-state index contributed by atoms with van der Waals surface area (Å²) < 4.78 is 4.99. The molecule has 0 atom stereocenters. The Bertz CT molecular complexity index is 2360. The summed E-state index contributed by atoms with van der Waals surface area (Å²) in [7, 11) is 0. The number of rotatable bonds is 1. The molecule has 2 aliphatic rings. The molecule has 0 amide bonds. The molecule has 2 aromatic heterocycles. The number of hydrogen-bond acceptors (Lipinski definition) is 0. The Hall–Kier alpha value is -5.53. The first-order valence-corrected chi connectivity index (χ1v) is 14.0. The standard InChI is InChI=1S/C37H20BN3/c1-39-24-10-6-9-22(19-24)23-20-33-35-34(21-23)41-32-18-5-3-12-26(32)28-14-8-16-30(37(28)41)38(35)29-15-7-13-27-25-11-2-4-17-31(25)40(33)36(27)29/h2-21H. The minimum atomic E-state index is 0.129. The van der Waals surface area contributed by atoms with Gasteiger partial charge in [-0.3, -0.25) is 0 Å². The van der Waals surface area contributed by atoms with E-state index >= 15 is 0 Å². The van der Waals surface area contributed by atoms with E-state index in [0.717, 1.165) is 11.1 Å². The SMILES string of the molecule is [C-]#[N+]c1cccc(-c2cc3c4c(c2)-n2c5ccccc5c5cccc(c52)B4c2cccc4c5ccccc5n-3c24)c1. The highest BCUT2D eigenvalue weighted by Crippen LogP contribution is 2.40. The molecule has 186 valence electrons. The van der Waals surface area contributed by atoms with E-state index < -0.39 is 0 Å². The molecule has 2 aliphatic heterocycles. The maximum atomic E-state index is 7.64. The Labute approximate surface area is 236 Å². The number of nitrogens with zero attached hydrogens (tertiary/aromatic N) is 3. The number of hydrogen-bond donors (Lipinski definition) is 0. The minimum Gasteiger partial charge on any atom is -0.310 e. The van der Waals surface area contributed by atoms with Crippen molar-refractivity contribution < 1.29 is 0 Å². The average Bonchev–Trinajstić information content (AvgIpc) is 3.56. The molecule has 0 aliphatic carbocycles. The lowest BCUT2D eigenvalue weighted by atomic mass is 9.34. The third kappa shape index (κ3) is 2.50. The highest BCUT2D eigenvalue weighted by molar-refractivity contribution is 7.00. The molecule has 41 heavy (non-hydrogen) atoms. The smallest absolute Gasteiger partial charge is 0.252 e. The summed E-state index contributed by atoms with van der Waals surface area (Å²) in [5.74, 6) is 0. The van der Waals surface area contributed by atoms with Crippen LogP contribution in [0.3, 0.4) is 0 Å². The predicted octanol–water partition coefficient (Wildman–Crippen LogP) is 7.24. The minimum absolute atomic E-state index is 0.129. The van der Waals surface area contributed by atoms with Crippen molar-refractivity contribution in [1.82, 2.24) is 9.13 Å². The molecule has 8 aromatic rings. The normalized spacial score (nSPS) is 12.8. The van der Waals surface area contributed by atoms with Crippen molar-refractivity contribution in [2.75, 3.05) is 0 Å². The Morgan fingerprint density at radius 1 is 0.512 bits per heavy atom. The first-order chi connectivity index (χ1) is 20.3.